The van der Waals surface area contributed by atoms with Gasteiger partial charge in [0.05, 0.1) is 16.8 Å². The Morgan fingerprint density at radius 3 is 2.79 bits per heavy atom. The summed E-state index contributed by atoms with van der Waals surface area (Å²) >= 11 is 1.74. The minimum absolute atomic E-state index is 0.483. The summed E-state index contributed by atoms with van der Waals surface area (Å²) in [6.07, 6.45) is 0. The van der Waals surface area contributed by atoms with Gasteiger partial charge >= 0.3 is 0 Å². The van der Waals surface area contributed by atoms with Crippen LogP contribution in [0.3, 0.4) is 0 Å². The van der Waals surface area contributed by atoms with Crippen LogP contribution in [0, 0.1) is 0 Å². The van der Waals surface area contributed by atoms with Crippen molar-refractivity contribution in [2.24, 2.45) is 0 Å². The van der Waals surface area contributed by atoms with Crippen LogP contribution in [0.1, 0.15) is 24.8 Å². The predicted molar refractivity (Wildman–Crippen MR) is 60.3 cm³/mol. The van der Waals surface area contributed by atoms with E-state index in [0.29, 0.717) is 5.92 Å². The molecule has 0 aliphatic carbocycles. The second-order valence-electron chi connectivity index (χ2n) is 3.51. The van der Waals surface area contributed by atoms with Crippen molar-refractivity contribution in [3.05, 3.63) is 23.2 Å². The number of hydrogen-bond acceptors (Lipinski definition) is 3. The average Bonchev–Trinajstić information content (AvgIpc) is 2.60. The van der Waals surface area contributed by atoms with Gasteiger partial charge in [-0.05, 0) is 12.1 Å². The van der Waals surface area contributed by atoms with Gasteiger partial charge in [-0.25, -0.2) is 4.98 Å². The van der Waals surface area contributed by atoms with Crippen molar-refractivity contribution in [1.29, 1.82) is 0 Å². The first-order valence-corrected chi connectivity index (χ1v) is 5.47. The summed E-state index contributed by atoms with van der Waals surface area (Å²) < 4.78 is 6.47. The molecule has 0 unspecified atom stereocenters. The molecule has 0 N–H and O–H groups in total. The van der Waals surface area contributed by atoms with Crippen molar-refractivity contribution >= 4 is 21.6 Å². The van der Waals surface area contributed by atoms with E-state index in [-0.39, 0.29) is 0 Å². The Hall–Kier alpha value is -1.09. The molecule has 0 aliphatic heterocycles. The van der Waals surface area contributed by atoms with Crippen LogP contribution in [-0.4, -0.2) is 12.1 Å². The standard InChI is InChI=1S/C11H13NOS/c1-7(2)11-12-10-8(13-3)5-4-6-9(10)14-11/h4-7H,1-3H3. The lowest BCUT2D eigenvalue weighted by Crippen LogP contribution is -1.86. The van der Waals surface area contributed by atoms with E-state index >= 15 is 0 Å². The van der Waals surface area contributed by atoms with E-state index in [4.69, 9.17) is 4.74 Å². The fourth-order valence-corrected chi connectivity index (χ4v) is 2.34. The normalized spacial score (nSPS) is 11.1. The third-order valence-corrected chi connectivity index (χ3v) is 3.43. The second kappa shape index (κ2) is 3.58. The first-order chi connectivity index (χ1) is 6.72. The molecule has 0 saturated carbocycles. The van der Waals surface area contributed by atoms with Gasteiger partial charge in [0, 0.05) is 5.92 Å². The highest BCUT2D eigenvalue weighted by Crippen LogP contribution is 2.32. The van der Waals surface area contributed by atoms with Crippen LogP contribution in [0.25, 0.3) is 10.2 Å². The molecule has 1 heterocycles. The highest BCUT2D eigenvalue weighted by atomic mass is 32.1. The number of methoxy groups -OCH3 is 1. The summed E-state index contributed by atoms with van der Waals surface area (Å²) in [5.74, 6) is 1.35. The molecule has 2 nitrogen and oxygen atoms in total. The summed E-state index contributed by atoms with van der Waals surface area (Å²) in [7, 11) is 1.68. The fraction of sp³-hybridized carbons (Fsp3) is 0.364. The highest BCUT2D eigenvalue weighted by molar-refractivity contribution is 7.18. The van der Waals surface area contributed by atoms with Gasteiger partial charge in [-0.3, -0.25) is 0 Å². The Morgan fingerprint density at radius 2 is 2.14 bits per heavy atom. The molecule has 0 spiro atoms. The zero-order valence-electron chi connectivity index (χ0n) is 8.57. The lowest BCUT2D eigenvalue weighted by Gasteiger charge is -1.98. The molecule has 0 saturated heterocycles. The van der Waals surface area contributed by atoms with E-state index in [2.05, 4.69) is 24.9 Å². The predicted octanol–water partition coefficient (Wildman–Crippen LogP) is 3.43. The minimum atomic E-state index is 0.483. The van der Waals surface area contributed by atoms with E-state index in [9.17, 15) is 0 Å². The zero-order valence-corrected chi connectivity index (χ0v) is 9.39. The number of nitrogens with zero attached hydrogens (tertiary/aromatic N) is 1. The Morgan fingerprint density at radius 1 is 1.36 bits per heavy atom. The van der Waals surface area contributed by atoms with E-state index in [1.165, 1.54) is 9.71 Å². The minimum Gasteiger partial charge on any atom is -0.494 e. The fourth-order valence-electron chi connectivity index (χ4n) is 1.35. The molecule has 0 amide bonds. The smallest absolute Gasteiger partial charge is 0.145 e. The maximum Gasteiger partial charge on any atom is 0.145 e. The van der Waals surface area contributed by atoms with Crippen LogP contribution in [0.2, 0.25) is 0 Å². The summed E-state index contributed by atoms with van der Waals surface area (Å²) in [6.45, 7) is 4.31. The number of para-hydroxylation sites is 1. The summed E-state index contributed by atoms with van der Waals surface area (Å²) in [5.41, 5.74) is 0.990. The van der Waals surface area contributed by atoms with Gasteiger partial charge in [0.1, 0.15) is 11.3 Å². The van der Waals surface area contributed by atoms with Gasteiger partial charge in [0.15, 0.2) is 0 Å². The van der Waals surface area contributed by atoms with Crippen LogP contribution < -0.4 is 4.74 Å². The van der Waals surface area contributed by atoms with Crippen LogP contribution in [0.15, 0.2) is 18.2 Å². The lowest BCUT2D eigenvalue weighted by molar-refractivity contribution is 0.419. The van der Waals surface area contributed by atoms with Crippen LogP contribution in [0.4, 0.5) is 0 Å². The largest absolute Gasteiger partial charge is 0.494 e. The molecule has 74 valence electrons. The zero-order chi connectivity index (χ0) is 10.1. The number of benzene rings is 1. The monoisotopic (exact) mass is 207 g/mol. The first-order valence-electron chi connectivity index (χ1n) is 4.66. The number of fused-ring (bicyclic) bond motifs is 1. The lowest BCUT2D eigenvalue weighted by atomic mass is 10.2. The molecule has 2 rings (SSSR count). The summed E-state index contributed by atoms with van der Waals surface area (Å²) in [5, 5.41) is 1.17. The molecular weight excluding hydrogens is 194 g/mol. The Labute approximate surface area is 87.5 Å². The SMILES string of the molecule is COc1cccc2sc(C(C)C)nc12. The van der Waals surface area contributed by atoms with E-state index in [0.717, 1.165) is 11.3 Å². The number of aromatic nitrogens is 1. The van der Waals surface area contributed by atoms with Crippen LogP contribution >= 0.6 is 11.3 Å². The van der Waals surface area contributed by atoms with Crippen molar-refractivity contribution in [3.63, 3.8) is 0 Å². The maximum atomic E-state index is 5.26. The Balaban J connectivity index is 2.64. The molecule has 1 aromatic heterocycles. The number of rotatable bonds is 2. The van der Waals surface area contributed by atoms with Crippen molar-refractivity contribution in [3.8, 4) is 5.75 Å². The van der Waals surface area contributed by atoms with Gasteiger partial charge in [0.25, 0.3) is 0 Å². The molecule has 1 aromatic carbocycles. The van der Waals surface area contributed by atoms with Gasteiger partial charge in [-0.15, -0.1) is 11.3 Å². The summed E-state index contributed by atoms with van der Waals surface area (Å²) in [4.78, 5) is 4.58. The molecule has 0 aliphatic rings. The molecule has 3 heteroatoms. The van der Waals surface area contributed by atoms with Gasteiger partial charge in [-0.1, -0.05) is 19.9 Å². The average molecular weight is 207 g/mol. The van der Waals surface area contributed by atoms with Crippen molar-refractivity contribution in [2.75, 3.05) is 7.11 Å². The van der Waals surface area contributed by atoms with Crippen molar-refractivity contribution in [2.45, 2.75) is 19.8 Å². The van der Waals surface area contributed by atoms with Crippen molar-refractivity contribution in [1.82, 2.24) is 4.98 Å². The molecule has 2 aromatic rings. The quantitative estimate of drug-likeness (QED) is 0.752. The Bertz CT molecular complexity index is 447. The third kappa shape index (κ3) is 1.48. The molecule has 0 atom stereocenters. The van der Waals surface area contributed by atoms with E-state index in [1.54, 1.807) is 18.4 Å². The van der Waals surface area contributed by atoms with Gasteiger partial charge in [0.2, 0.25) is 0 Å². The molecule has 0 bridgehead atoms. The van der Waals surface area contributed by atoms with Crippen LogP contribution in [-0.2, 0) is 0 Å². The number of ether oxygens (including phenoxy) is 1. The molecular formula is C11H13NOS. The molecule has 0 fully saturated rings. The summed E-state index contributed by atoms with van der Waals surface area (Å²) in [6, 6.07) is 6.04. The van der Waals surface area contributed by atoms with Crippen LogP contribution in [0.5, 0.6) is 5.75 Å². The number of hydrogen-bond donors (Lipinski definition) is 0. The van der Waals surface area contributed by atoms with Gasteiger partial charge < -0.3 is 4.74 Å². The maximum absolute atomic E-state index is 5.26. The van der Waals surface area contributed by atoms with Crippen molar-refractivity contribution < 1.29 is 4.74 Å². The first kappa shape index (κ1) is 9.46. The Kier molecular flexibility index (Phi) is 2.42. The molecule has 0 radical (unpaired) electrons. The van der Waals surface area contributed by atoms with E-state index in [1.807, 2.05) is 12.1 Å². The van der Waals surface area contributed by atoms with Gasteiger partial charge in [-0.2, -0.15) is 0 Å². The number of thiazole rings is 1. The second-order valence-corrected chi connectivity index (χ2v) is 4.58. The third-order valence-electron chi connectivity index (χ3n) is 2.11. The highest BCUT2D eigenvalue weighted by Gasteiger charge is 2.10. The topological polar surface area (TPSA) is 22.1 Å². The van der Waals surface area contributed by atoms with E-state index < -0.39 is 0 Å². The molecule has 14 heavy (non-hydrogen) atoms.